The number of benzene rings is 2. The predicted molar refractivity (Wildman–Crippen MR) is 124 cm³/mol. The van der Waals surface area contributed by atoms with Gasteiger partial charge in [0.2, 0.25) is 5.78 Å². The Hall–Kier alpha value is -3.52. The third-order valence-electron chi connectivity index (χ3n) is 5.22. The lowest BCUT2D eigenvalue weighted by atomic mass is 10.1. The first-order valence-electron chi connectivity index (χ1n) is 9.93. The molecule has 4 aromatic rings. The largest absolute Gasteiger partial charge is 0.456 e. The van der Waals surface area contributed by atoms with Crippen molar-refractivity contribution >= 4 is 38.7 Å². The van der Waals surface area contributed by atoms with E-state index >= 15 is 0 Å². The molecule has 2 aromatic heterocycles. The van der Waals surface area contributed by atoms with E-state index in [1.54, 1.807) is 30.3 Å². The van der Waals surface area contributed by atoms with Crippen LogP contribution >= 0.6 is 15.9 Å². The van der Waals surface area contributed by atoms with E-state index in [9.17, 15) is 14.4 Å². The van der Waals surface area contributed by atoms with Crippen LogP contribution in [0.4, 0.5) is 0 Å². The maximum Gasteiger partial charge on any atom is 0.326 e. The Balaban J connectivity index is 1.48. The van der Waals surface area contributed by atoms with Crippen molar-refractivity contribution in [3.05, 3.63) is 92.6 Å². The van der Waals surface area contributed by atoms with Crippen LogP contribution < -0.4 is 5.56 Å². The fourth-order valence-electron chi connectivity index (χ4n) is 3.71. The van der Waals surface area contributed by atoms with E-state index in [-0.39, 0.29) is 12.3 Å². The zero-order valence-corrected chi connectivity index (χ0v) is 19.1. The average molecular weight is 494 g/mol. The minimum Gasteiger partial charge on any atom is -0.456 e. The van der Waals surface area contributed by atoms with Crippen molar-refractivity contribution in [1.29, 1.82) is 0 Å². The van der Waals surface area contributed by atoms with E-state index in [2.05, 4.69) is 20.9 Å². The summed E-state index contributed by atoms with van der Waals surface area (Å²) in [5.41, 5.74) is 3.80. The third-order valence-corrected chi connectivity index (χ3v) is 5.75. The molecular formula is C24H20BrN3O4. The number of nitrogens with zero attached hydrogens (tertiary/aromatic N) is 3. The van der Waals surface area contributed by atoms with Crippen molar-refractivity contribution in [3.8, 4) is 5.69 Å². The number of ketones is 1. The Morgan fingerprint density at radius 2 is 1.78 bits per heavy atom. The zero-order chi connectivity index (χ0) is 22.8. The summed E-state index contributed by atoms with van der Waals surface area (Å²) in [7, 11) is 0. The molecule has 0 saturated carbocycles. The highest BCUT2D eigenvalue weighted by Crippen LogP contribution is 2.23. The van der Waals surface area contributed by atoms with E-state index in [4.69, 9.17) is 4.74 Å². The first kappa shape index (κ1) is 21.7. The first-order valence-corrected chi connectivity index (χ1v) is 10.7. The molecule has 0 aliphatic heterocycles. The van der Waals surface area contributed by atoms with Gasteiger partial charge < -0.3 is 9.30 Å². The number of para-hydroxylation sites is 2. The third kappa shape index (κ3) is 4.27. The van der Waals surface area contributed by atoms with Crippen molar-refractivity contribution in [2.45, 2.75) is 20.4 Å². The number of hydrogen-bond donors (Lipinski definition) is 0. The molecule has 0 fully saturated rings. The molecule has 8 heteroatoms. The van der Waals surface area contributed by atoms with Crippen LogP contribution in [0.5, 0.6) is 0 Å². The number of hydrogen-bond acceptors (Lipinski definition) is 5. The first-order chi connectivity index (χ1) is 15.3. The van der Waals surface area contributed by atoms with Gasteiger partial charge in [-0.05, 0) is 56.3 Å². The molecule has 0 saturated heterocycles. The van der Waals surface area contributed by atoms with E-state index in [0.29, 0.717) is 16.6 Å². The van der Waals surface area contributed by atoms with Gasteiger partial charge in [0, 0.05) is 27.1 Å². The van der Waals surface area contributed by atoms with Crippen LogP contribution in [0.3, 0.4) is 0 Å². The number of aryl methyl sites for hydroxylation is 1. The summed E-state index contributed by atoms with van der Waals surface area (Å²) in [4.78, 5) is 41.4. The summed E-state index contributed by atoms with van der Waals surface area (Å²) in [6, 6.07) is 16.6. The molecule has 32 heavy (non-hydrogen) atoms. The maximum atomic E-state index is 12.8. The highest BCUT2D eigenvalue weighted by Gasteiger charge is 2.19. The Morgan fingerprint density at radius 3 is 2.53 bits per heavy atom. The van der Waals surface area contributed by atoms with E-state index in [0.717, 1.165) is 27.7 Å². The second-order valence-electron chi connectivity index (χ2n) is 7.35. The number of fused-ring (bicyclic) bond motifs is 1. The fourth-order valence-corrected chi connectivity index (χ4v) is 3.97. The number of esters is 1. The highest BCUT2D eigenvalue weighted by molar-refractivity contribution is 9.10. The van der Waals surface area contributed by atoms with Crippen LogP contribution in [0.15, 0.2) is 70.1 Å². The topological polar surface area (TPSA) is 83.2 Å². The quantitative estimate of drug-likeness (QED) is 0.299. The van der Waals surface area contributed by atoms with Crippen molar-refractivity contribution in [1.82, 2.24) is 14.1 Å². The number of carbonyl (C=O) groups excluding carboxylic acids is 2. The summed E-state index contributed by atoms with van der Waals surface area (Å²) in [6.07, 6.45) is 1.16. The van der Waals surface area contributed by atoms with Crippen LogP contribution in [0, 0.1) is 13.8 Å². The van der Waals surface area contributed by atoms with Gasteiger partial charge in [-0.2, -0.15) is 0 Å². The summed E-state index contributed by atoms with van der Waals surface area (Å²) in [6.45, 7) is 3.07. The normalized spacial score (nSPS) is 11.0. The van der Waals surface area contributed by atoms with Gasteiger partial charge >= 0.3 is 5.97 Å². The monoisotopic (exact) mass is 493 g/mol. The number of Topliss-reactive ketones (excluding diaryl/α,β-unsaturated/α-hetero) is 1. The lowest BCUT2D eigenvalue weighted by Gasteiger charge is -2.11. The molecule has 7 nitrogen and oxygen atoms in total. The molecule has 0 amide bonds. The smallest absolute Gasteiger partial charge is 0.326 e. The van der Waals surface area contributed by atoms with Crippen molar-refractivity contribution in [2.75, 3.05) is 6.61 Å². The number of aromatic nitrogens is 3. The molecule has 0 spiro atoms. The summed E-state index contributed by atoms with van der Waals surface area (Å²) < 4.78 is 9.44. The minimum absolute atomic E-state index is 0.299. The molecule has 2 aromatic carbocycles. The summed E-state index contributed by atoms with van der Waals surface area (Å²) >= 11 is 3.42. The van der Waals surface area contributed by atoms with Gasteiger partial charge in [0.05, 0.1) is 17.2 Å². The second kappa shape index (κ2) is 8.92. The van der Waals surface area contributed by atoms with Gasteiger partial charge in [-0.15, -0.1) is 0 Å². The van der Waals surface area contributed by atoms with Crippen LogP contribution in [0.1, 0.15) is 21.7 Å². The molecule has 0 radical (unpaired) electrons. The van der Waals surface area contributed by atoms with Gasteiger partial charge in [0.15, 0.2) is 6.61 Å². The van der Waals surface area contributed by atoms with Crippen molar-refractivity contribution in [3.63, 3.8) is 0 Å². The van der Waals surface area contributed by atoms with E-state index in [1.165, 1.54) is 4.57 Å². The van der Waals surface area contributed by atoms with Crippen LogP contribution in [0.2, 0.25) is 0 Å². The lowest BCUT2D eigenvalue weighted by Crippen LogP contribution is -2.27. The second-order valence-corrected chi connectivity index (χ2v) is 8.27. The van der Waals surface area contributed by atoms with E-state index in [1.807, 2.05) is 42.7 Å². The van der Waals surface area contributed by atoms with Gasteiger partial charge in [-0.3, -0.25) is 19.0 Å². The minimum atomic E-state index is -0.668. The van der Waals surface area contributed by atoms with Gasteiger partial charge in [-0.1, -0.05) is 28.1 Å². The van der Waals surface area contributed by atoms with Gasteiger partial charge in [0.25, 0.3) is 5.56 Å². The molecular weight excluding hydrogens is 474 g/mol. The molecule has 0 atom stereocenters. The summed E-state index contributed by atoms with van der Waals surface area (Å²) in [5.74, 6) is -0.972. The van der Waals surface area contributed by atoms with Crippen molar-refractivity contribution < 1.29 is 14.3 Å². The molecule has 0 bridgehead atoms. The lowest BCUT2D eigenvalue weighted by molar-refractivity contribution is -0.143. The Morgan fingerprint density at radius 1 is 1.06 bits per heavy atom. The highest BCUT2D eigenvalue weighted by atomic mass is 79.9. The zero-order valence-electron chi connectivity index (χ0n) is 17.5. The van der Waals surface area contributed by atoms with Crippen LogP contribution in [-0.2, 0) is 16.1 Å². The Labute approximate surface area is 192 Å². The molecule has 4 rings (SSSR count). The van der Waals surface area contributed by atoms with Gasteiger partial charge in [0.1, 0.15) is 6.54 Å². The molecule has 0 aliphatic carbocycles. The number of rotatable bonds is 6. The average Bonchev–Trinajstić information content (AvgIpc) is 3.08. The molecule has 0 N–H and O–H groups in total. The SMILES string of the molecule is Cc1cc(C(=O)COC(=O)Cn2c(=O)cnc3ccccc32)c(C)n1-c1ccc(Br)cc1. The van der Waals surface area contributed by atoms with Crippen LogP contribution in [0.25, 0.3) is 16.7 Å². The number of ether oxygens (including phenoxy) is 1. The maximum absolute atomic E-state index is 12.8. The fraction of sp³-hybridized carbons (Fsp3) is 0.167. The molecule has 162 valence electrons. The molecule has 2 heterocycles. The van der Waals surface area contributed by atoms with Crippen molar-refractivity contribution in [2.24, 2.45) is 0 Å². The predicted octanol–water partition coefficient (Wildman–Crippen LogP) is 3.99. The standard InChI is InChI=1S/C24H20BrN3O4/c1-15-11-19(16(2)28(15)18-9-7-17(25)8-10-18)22(29)14-32-24(31)13-27-21-6-4-3-5-20(21)26-12-23(27)30/h3-12H,13-14H2,1-2H3. The molecule has 0 aliphatic rings. The van der Waals surface area contributed by atoms with Gasteiger partial charge in [-0.25, -0.2) is 4.98 Å². The molecule has 0 unspecified atom stereocenters. The number of carbonyl (C=O) groups is 2. The Kier molecular flexibility index (Phi) is 6.05. The summed E-state index contributed by atoms with van der Waals surface area (Å²) in [5, 5.41) is 0. The van der Waals surface area contributed by atoms with E-state index < -0.39 is 18.1 Å². The Bertz CT molecular complexity index is 1390. The number of halogens is 1. The van der Waals surface area contributed by atoms with Crippen LogP contribution in [-0.4, -0.2) is 32.5 Å².